The van der Waals surface area contributed by atoms with Crippen LogP contribution in [-0.2, 0) is 57.6 Å². The number of carbonyl (C=O) groups is 8. The van der Waals surface area contributed by atoms with Crippen molar-refractivity contribution in [2.75, 3.05) is 26.2 Å². The second-order valence-corrected chi connectivity index (χ2v) is 22.9. The lowest BCUT2D eigenvalue weighted by molar-refractivity contribution is -0.137. The number of amides is 8. The van der Waals surface area contributed by atoms with Crippen LogP contribution in [0.2, 0.25) is 0 Å². The minimum absolute atomic E-state index is 0.0462. The van der Waals surface area contributed by atoms with Crippen LogP contribution < -0.4 is 65.5 Å². The maximum atomic E-state index is 15.3. The van der Waals surface area contributed by atoms with Crippen LogP contribution in [0.25, 0.3) is 32.7 Å². The van der Waals surface area contributed by atoms with E-state index in [4.69, 9.17) is 22.9 Å². The summed E-state index contributed by atoms with van der Waals surface area (Å²) < 4.78 is 0. The largest absolute Gasteiger partial charge is 0.361 e. The Labute approximate surface area is 501 Å². The summed E-state index contributed by atoms with van der Waals surface area (Å²) in [6.07, 6.45) is 9.26. The van der Waals surface area contributed by atoms with Crippen LogP contribution in [0.1, 0.15) is 114 Å². The highest BCUT2D eigenvalue weighted by atomic mass is 16.2. The molecule has 4 heterocycles. The molecular weight excluding hydrogens is 1090 g/mol. The SMILES string of the molecule is CC(C)C[C@@H]1NC(=O)[C@H](Cc2c[nH]c3ccccc23)NC(=O)[C@H](CCCCN)NC(=O)[C@H](CCCCN)NC(=O)[C@H](CCCCN)NC(=O)[C@H](CCCCN)NC(=O)[C@H](Cc2c[nH]c3ccccc23)NC(=O)[C@H](Cc2c[nH]c3ccccc23)NC1=O. The Bertz CT molecular complexity index is 3230. The number of aromatic amines is 3. The van der Waals surface area contributed by atoms with E-state index in [9.17, 15) is 19.2 Å². The average Bonchev–Trinajstić information content (AvgIpc) is 4.32. The molecule has 1 fully saturated rings. The molecule has 19 N–H and O–H groups in total. The Morgan fingerprint density at radius 3 is 0.826 bits per heavy atom. The molecule has 1 aliphatic heterocycles. The second kappa shape index (κ2) is 33.0. The fraction of sp³-hybridized carbons (Fsp3) is 0.492. The van der Waals surface area contributed by atoms with Gasteiger partial charge in [-0.25, -0.2) is 0 Å². The third-order valence-corrected chi connectivity index (χ3v) is 15.9. The van der Waals surface area contributed by atoms with Gasteiger partial charge in [0.25, 0.3) is 0 Å². The number of fused-ring (bicyclic) bond motifs is 3. The summed E-state index contributed by atoms with van der Waals surface area (Å²) in [5.74, 6) is -5.82. The maximum Gasteiger partial charge on any atom is 0.243 e. The Hall–Kier alpha value is -8.12. The molecule has 0 unspecified atom stereocenters. The summed E-state index contributed by atoms with van der Waals surface area (Å²) in [6.45, 7) is 4.97. The van der Waals surface area contributed by atoms with E-state index < -0.39 is 95.6 Å². The molecule has 7 rings (SSSR count). The van der Waals surface area contributed by atoms with Gasteiger partial charge in [-0.15, -0.1) is 0 Å². The molecule has 8 amide bonds. The first-order valence-corrected chi connectivity index (χ1v) is 30.5. The third-order valence-electron chi connectivity index (χ3n) is 15.9. The van der Waals surface area contributed by atoms with Gasteiger partial charge in [-0.05, 0) is 150 Å². The molecule has 86 heavy (non-hydrogen) atoms. The molecule has 6 aromatic rings. The zero-order valence-electron chi connectivity index (χ0n) is 49.6. The number of hydrogen-bond acceptors (Lipinski definition) is 12. The van der Waals surface area contributed by atoms with E-state index in [0.29, 0.717) is 94.2 Å². The summed E-state index contributed by atoms with van der Waals surface area (Å²) in [4.78, 5) is 129. The van der Waals surface area contributed by atoms with E-state index in [-0.39, 0.29) is 57.3 Å². The summed E-state index contributed by atoms with van der Waals surface area (Å²) >= 11 is 0. The average molecular weight is 1180 g/mol. The minimum Gasteiger partial charge on any atom is -0.361 e. The third kappa shape index (κ3) is 18.4. The minimum atomic E-state index is -1.35. The topological polar surface area (TPSA) is 384 Å². The van der Waals surface area contributed by atoms with Gasteiger partial charge < -0.3 is 80.4 Å². The van der Waals surface area contributed by atoms with Crippen LogP contribution in [0, 0.1) is 5.92 Å². The number of rotatable bonds is 24. The van der Waals surface area contributed by atoms with Gasteiger partial charge in [-0.1, -0.05) is 68.4 Å². The number of H-pyrrole nitrogens is 3. The van der Waals surface area contributed by atoms with Crippen molar-refractivity contribution in [2.45, 2.75) is 165 Å². The Kier molecular flexibility index (Phi) is 25.1. The monoisotopic (exact) mass is 1180 g/mol. The van der Waals surface area contributed by atoms with Crippen molar-refractivity contribution in [1.82, 2.24) is 57.5 Å². The number of nitrogens with one attached hydrogen (secondary N) is 11. The number of unbranched alkanes of at least 4 members (excludes halogenated alkanes) is 4. The molecule has 0 bridgehead atoms. The van der Waals surface area contributed by atoms with Crippen LogP contribution in [0.3, 0.4) is 0 Å². The molecule has 3 aromatic carbocycles. The van der Waals surface area contributed by atoms with Crippen LogP contribution in [0.5, 0.6) is 0 Å². The van der Waals surface area contributed by atoms with E-state index >= 15 is 19.2 Å². The van der Waals surface area contributed by atoms with Gasteiger partial charge >= 0.3 is 0 Å². The molecular formula is C63H89N15O8. The van der Waals surface area contributed by atoms with Crippen molar-refractivity contribution in [2.24, 2.45) is 28.9 Å². The Balaban J connectivity index is 1.34. The Morgan fingerprint density at radius 1 is 0.326 bits per heavy atom. The smallest absolute Gasteiger partial charge is 0.243 e. The van der Waals surface area contributed by atoms with Gasteiger partial charge in [-0.2, -0.15) is 0 Å². The van der Waals surface area contributed by atoms with Gasteiger partial charge in [0.15, 0.2) is 0 Å². The first-order chi connectivity index (χ1) is 41.6. The predicted octanol–water partition coefficient (Wildman–Crippen LogP) is 2.61. The molecule has 1 aliphatic rings. The molecule has 3 aromatic heterocycles. The number of nitrogens with two attached hydrogens (primary N) is 4. The second-order valence-electron chi connectivity index (χ2n) is 22.9. The number of hydrogen-bond donors (Lipinski definition) is 15. The number of benzene rings is 3. The maximum absolute atomic E-state index is 15.3. The van der Waals surface area contributed by atoms with Gasteiger partial charge in [0.1, 0.15) is 48.3 Å². The highest BCUT2D eigenvalue weighted by molar-refractivity contribution is 6.00. The molecule has 0 spiro atoms. The molecule has 23 heteroatoms. The van der Waals surface area contributed by atoms with Crippen LogP contribution >= 0.6 is 0 Å². The molecule has 8 atom stereocenters. The van der Waals surface area contributed by atoms with E-state index in [1.165, 1.54) is 0 Å². The van der Waals surface area contributed by atoms with Crippen molar-refractivity contribution in [3.8, 4) is 0 Å². The van der Waals surface area contributed by atoms with Gasteiger partial charge in [0, 0.05) is 70.6 Å². The summed E-state index contributed by atoms with van der Waals surface area (Å²) in [5, 5.41) is 25.7. The van der Waals surface area contributed by atoms with E-state index in [2.05, 4.69) is 57.5 Å². The quantitative estimate of drug-likeness (QED) is 0.0389. The fourth-order valence-electron chi connectivity index (χ4n) is 11.1. The number of aromatic nitrogens is 3. The van der Waals surface area contributed by atoms with Crippen molar-refractivity contribution in [3.05, 3.63) is 108 Å². The van der Waals surface area contributed by atoms with E-state index in [1.54, 1.807) is 18.6 Å². The summed E-state index contributed by atoms with van der Waals surface area (Å²) in [5.41, 5.74) is 28.0. The van der Waals surface area contributed by atoms with Crippen LogP contribution in [-0.4, -0.2) is 137 Å². The predicted molar refractivity (Wildman–Crippen MR) is 333 cm³/mol. The normalized spacial score (nSPS) is 21.9. The molecule has 23 nitrogen and oxygen atoms in total. The van der Waals surface area contributed by atoms with Crippen molar-refractivity contribution in [1.29, 1.82) is 0 Å². The highest BCUT2D eigenvalue weighted by Crippen LogP contribution is 2.24. The zero-order chi connectivity index (χ0) is 61.5. The van der Waals surface area contributed by atoms with Crippen LogP contribution in [0.4, 0.5) is 0 Å². The molecule has 464 valence electrons. The van der Waals surface area contributed by atoms with E-state index in [1.807, 2.05) is 86.6 Å². The molecule has 0 aliphatic carbocycles. The van der Waals surface area contributed by atoms with Crippen molar-refractivity contribution < 1.29 is 38.4 Å². The molecule has 0 radical (unpaired) electrons. The first-order valence-electron chi connectivity index (χ1n) is 30.5. The zero-order valence-corrected chi connectivity index (χ0v) is 49.6. The van der Waals surface area contributed by atoms with Crippen molar-refractivity contribution >= 4 is 80.0 Å². The fourth-order valence-corrected chi connectivity index (χ4v) is 11.1. The Morgan fingerprint density at radius 2 is 0.558 bits per heavy atom. The number of carbonyl (C=O) groups excluding carboxylic acids is 8. The lowest BCUT2D eigenvalue weighted by Crippen LogP contribution is -2.62. The summed E-state index contributed by atoms with van der Waals surface area (Å²) in [6, 6.07) is 12.2. The number of para-hydroxylation sites is 3. The highest BCUT2D eigenvalue weighted by Gasteiger charge is 2.37. The standard InChI is InChI=1S/C63H89N15O8/c1-38(2)31-52-60(83)77-55(34-41-37-70-47-22-8-5-19-44(41)47)63(86)78-53(32-39-35-68-45-20-6-3-17-42(39)45)61(84)74-50(25-11-15-29-66)58(81)72-48(23-9-13-27-64)56(79)71-49(24-10-14-28-65)57(80)73-51(26-12-16-30-67)59(82)76-54(62(85)75-52)33-40-36-69-46-21-7-4-18-43(40)46/h3-8,17-22,35-38,48-55,68-70H,9-16,23-34,64-67H2,1-2H3,(H,71,79)(H,72,81)(H,73,80)(H,74,84)(H,75,85)(H,76,82)(H,77,83)(H,78,86)/t48-,49-,50-,51-,52-,53-,54-,55-/m0/s1. The molecule has 0 saturated carbocycles. The van der Waals surface area contributed by atoms with Gasteiger partial charge in [0.05, 0.1) is 0 Å². The lowest BCUT2D eigenvalue weighted by Gasteiger charge is -2.29. The van der Waals surface area contributed by atoms with Crippen LogP contribution in [0.15, 0.2) is 91.4 Å². The van der Waals surface area contributed by atoms with E-state index in [0.717, 1.165) is 32.7 Å². The first kappa shape index (κ1) is 65.4. The summed E-state index contributed by atoms with van der Waals surface area (Å²) in [7, 11) is 0. The lowest BCUT2D eigenvalue weighted by atomic mass is 9.98. The van der Waals surface area contributed by atoms with Gasteiger partial charge in [0.2, 0.25) is 47.3 Å². The van der Waals surface area contributed by atoms with Crippen molar-refractivity contribution in [3.63, 3.8) is 0 Å². The molecule has 1 saturated heterocycles. The van der Waals surface area contributed by atoms with Gasteiger partial charge in [-0.3, -0.25) is 38.4 Å².